The second kappa shape index (κ2) is 12.9. The van der Waals surface area contributed by atoms with E-state index in [0.717, 1.165) is 57.7 Å². The van der Waals surface area contributed by atoms with Crippen LogP contribution in [-0.4, -0.2) is 24.3 Å². The molecule has 4 nitrogen and oxygen atoms in total. The lowest BCUT2D eigenvalue weighted by Crippen LogP contribution is -2.33. The van der Waals surface area contributed by atoms with E-state index in [-0.39, 0.29) is 11.8 Å². The number of benzene rings is 5. The molecule has 0 fully saturated rings. The van der Waals surface area contributed by atoms with Gasteiger partial charge in [0.1, 0.15) is 0 Å². The summed E-state index contributed by atoms with van der Waals surface area (Å²) in [4.78, 5) is 30.0. The van der Waals surface area contributed by atoms with Gasteiger partial charge in [0.05, 0.1) is 6.54 Å². The maximum absolute atomic E-state index is 13.9. The van der Waals surface area contributed by atoms with E-state index in [1.807, 2.05) is 59.5 Å². The van der Waals surface area contributed by atoms with Gasteiger partial charge in [0.2, 0.25) is 5.91 Å². The van der Waals surface area contributed by atoms with Crippen molar-refractivity contribution in [2.75, 3.05) is 17.4 Å². The first-order chi connectivity index (χ1) is 21.4. The maximum Gasteiger partial charge on any atom is 0.258 e. The van der Waals surface area contributed by atoms with Gasteiger partial charge >= 0.3 is 0 Å². The van der Waals surface area contributed by atoms with Gasteiger partial charge in [-0.1, -0.05) is 109 Å². The Bertz CT molecular complexity index is 1780. The van der Waals surface area contributed by atoms with Crippen LogP contribution in [0.25, 0.3) is 11.1 Å². The van der Waals surface area contributed by atoms with E-state index in [4.69, 9.17) is 0 Å². The number of nitrogens with zero attached hydrogens (tertiary/aromatic N) is 1. The first-order valence-corrected chi connectivity index (χ1v) is 17.6. The molecule has 6 rings (SSSR count). The third-order valence-electron chi connectivity index (χ3n) is 8.33. The second-order valence-electron chi connectivity index (χ2n) is 11.7. The van der Waals surface area contributed by atoms with Crippen LogP contribution >= 0.6 is 10.2 Å². The Hall–Kier alpha value is -4.61. The molecule has 0 saturated carbocycles. The summed E-state index contributed by atoms with van der Waals surface area (Å²) in [6, 6.07) is 43.2. The Balaban J connectivity index is 1.22. The van der Waals surface area contributed by atoms with E-state index in [2.05, 4.69) is 90.0 Å². The monoisotopic (exact) mass is 598 g/mol. The summed E-state index contributed by atoms with van der Waals surface area (Å²) >= 11 is 0. The molecule has 0 bridgehead atoms. The molecule has 5 aromatic rings. The number of amides is 2. The number of carbonyl (C=O) groups excluding carboxylic acids is 2. The Morgan fingerprint density at radius 3 is 2.07 bits per heavy atom. The highest BCUT2D eigenvalue weighted by Gasteiger charge is 2.25. The van der Waals surface area contributed by atoms with Gasteiger partial charge in [-0.05, 0) is 83.4 Å². The molecule has 1 aliphatic rings. The van der Waals surface area contributed by atoms with E-state index in [1.54, 1.807) is 0 Å². The molecular weight excluding hydrogens is 561 g/mol. The number of rotatable bonds is 8. The zero-order valence-corrected chi connectivity index (χ0v) is 26.1. The van der Waals surface area contributed by atoms with Gasteiger partial charge < -0.3 is 9.62 Å². The lowest BCUT2D eigenvalue weighted by Gasteiger charge is -2.34. The molecule has 0 radical (unpaired) electrons. The average molecular weight is 599 g/mol. The largest absolute Gasteiger partial charge is 0.315 e. The lowest BCUT2D eigenvalue weighted by molar-refractivity contribution is -0.119. The molecule has 0 atom stereocenters. The molecule has 2 amide bonds. The lowest BCUT2D eigenvalue weighted by atomic mass is 9.94. The summed E-state index contributed by atoms with van der Waals surface area (Å²) in [5.41, 5.74) is 8.49. The number of aryl methyl sites for hydroxylation is 3. The molecule has 0 unspecified atom stereocenters. The zero-order chi connectivity index (χ0) is 30.5. The van der Waals surface area contributed by atoms with Crippen LogP contribution in [0.5, 0.6) is 0 Å². The number of hydrogen-bond donors (Lipinski definition) is 1. The highest BCUT2D eigenvalue weighted by molar-refractivity contribution is 8.31. The standard InChI is InChI=1S/C39H38N2O2S/c1-44(2,40-38(42)27-22-29-12-4-3-5-13-29)37-19-11-9-16-34(37)32-23-20-30(21-24-32)28-41-36-18-10-7-15-33(36)26-25-31-14-6-8-17-35(31)39(41)43/h3-21,23-24H,22,25-28H2,1-2H3,(H,40,42). The summed E-state index contributed by atoms with van der Waals surface area (Å²) in [6.07, 6.45) is 7.22. The minimum Gasteiger partial charge on any atom is -0.315 e. The number of anilines is 1. The Labute approximate surface area is 262 Å². The van der Waals surface area contributed by atoms with E-state index < -0.39 is 10.2 Å². The minimum absolute atomic E-state index is 0.0375. The van der Waals surface area contributed by atoms with Crippen molar-refractivity contribution in [2.45, 2.75) is 37.1 Å². The van der Waals surface area contributed by atoms with Crippen LogP contribution in [0, 0.1) is 0 Å². The van der Waals surface area contributed by atoms with Crippen LogP contribution in [-0.2, 0) is 30.6 Å². The van der Waals surface area contributed by atoms with Crippen molar-refractivity contribution < 1.29 is 9.59 Å². The van der Waals surface area contributed by atoms with Crippen LogP contribution in [0.3, 0.4) is 0 Å². The van der Waals surface area contributed by atoms with Crippen LogP contribution in [0.1, 0.15) is 39.0 Å². The molecule has 0 spiro atoms. The van der Waals surface area contributed by atoms with Crippen LogP contribution in [0.4, 0.5) is 5.69 Å². The van der Waals surface area contributed by atoms with Crippen LogP contribution in [0.2, 0.25) is 0 Å². The average Bonchev–Trinajstić information content (AvgIpc) is 3.05. The van der Waals surface area contributed by atoms with Crippen molar-refractivity contribution in [3.05, 3.63) is 155 Å². The summed E-state index contributed by atoms with van der Waals surface area (Å²) < 4.78 is 3.35. The smallest absolute Gasteiger partial charge is 0.258 e. The van der Waals surface area contributed by atoms with E-state index in [1.165, 1.54) is 11.1 Å². The van der Waals surface area contributed by atoms with Crippen molar-refractivity contribution in [2.24, 2.45) is 0 Å². The van der Waals surface area contributed by atoms with Gasteiger partial charge in [-0.25, -0.2) is 0 Å². The van der Waals surface area contributed by atoms with Gasteiger partial charge in [0, 0.05) is 22.6 Å². The molecule has 0 aliphatic carbocycles. The van der Waals surface area contributed by atoms with Gasteiger partial charge in [-0.2, -0.15) is 0 Å². The molecular formula is C39H38N2O2S. The number of fused-ring (bicyclic) bond motifs is 2. The quantitative estimate of drug-likeness (QED) is 0.195. The van der Waals surface area contributed by atoms with Crippen molar-refractivity contribution >= 4 is 27.7 Å². The molecule has 1 aliphatic heterocycles. The Kier molecular flexibility index (Phi) is 8.67. The number of nitrogens with one attached hydrogen (secondary N) is 1. The molecule has 5 heteroatoms. The summed E-state index contributed by atoms with van der Waals surface area (Å²) in [5, 5.41) is 0. The molecule has 0 saturated heterocycles. The molecule has 222 valence electrons. The number of carbonyl (C=O) groups is 2. The third kappa shape index (κ3) is 6.48. The minimum atomic E-state index is -1.60. The molecule has 1 heterocycles. The van der Waals surface area contributed by atoms with E-state index in [0.29, 0.717) is 13.0 Å². The summed E-state index contributed by atoms with van der Waals surface area (Å²) in [6.45, 7) is 0.486. The topological polar surface area (TPSA) is 49.4 Å². The first kappa shape index (κ1) is 29.5. The molecule has 5 aromatic carbocycles. The normalized spacial score (nSPS) is 13.3. The molecule has 0 aromatic heterocycles. The summed E-state index contributed by atoms with van der Waals surface area (Å²) in [5.74, 6) is 0.106. The van der Waals surface area contributed by atoms with Crippen molar-refractivity contribution in [1.82, 2.24) is 4.72 Å². The van der Waals surface area contributed by atoms with Crippen molar-refractivity contribution in [3.63, 3.8) is 0 Å². The predicted octanol–water partition coefficient (Wildman–Crippen LogP) is 8.39. The van der Waals surface area contributed by atoms with Gasteiger partial charge in [-0.3, -0.25) is 9.59 Å². The van der Waals surface area contributed by atoms with Crippen LogP contribution in [0.15, 0.2) is 132 Å². The highest BCUT2D eigenvalue weighted by Crippen LogP contribution is 2.49. The summed E-state index contributed by atoms with van der Waals surface area (Å²) in [7, 11) is -1.60. The fourth-order valence-electron chi connectivity index (χ4n) is 6.03. The molecule has 44 heavy (non-hydrogen) atoms. The third-order valence-corrected chi connectivity index (χ3v) is 10.5. The predicted molar refractivity (Wildman–Crippen MR) is 183 cm³/mol. The van der Waals surface area contributed by atoms with E-state index >= 15 is 0 Å². The van der Waals surface area contributed by atoms with E-state index in [9.17, 15) is 9.59 Å². The second-order valence-corrected chi connectivity index (χ2v) is 15.0. The zero-order valence-electron chi connectivity index (χ0n) is 25.3. The fraction of sp³-hybridized carbons (Fsp3) is 0.179. The van der Waals surface area contributed by atoms with Crippen molar-refractivity contribution in [3.8, 4) is 11.1 Å². The molecule has 1 N–H and O–H groups in total. The fourth-order valence-corrected chi connectivity index (χ4v) is 7.96. The van der Waals surface area contributed by atoms with Crippen LogP contribution < -0.4 is 9.62 Å². The maximum atomic E-state index is 13.9. The SMILES string of the molecule is CS(C)(NC(=O)CCc1ccccc1)c1ccccc1-c1ccc(CN2C(=O)c3ccccc3CCc3ccccc32)cc1. The highest BCUT2D eigenvalue weighted by atomic mass is 32.3. The van der Waals surface area contributed by atoms with Gasteiger partial charge in [0.25, 0.3) is 5.91 Å². The Morgan fingerprint density at radius 1 is 0.682 bits per heavy atom. The van der Waals surface area contributed by atoms with Gasteiger partial charge in [0.15, 0.2) is 0 Å². The number of para-hydroxylation sites is 1. The first-order valence-electron chi connectivity index (χ1n) is 15.1. The number of hydrogen-bond acceptors (Lipinski definition) is 2. The Morgan fingerprint density at radius 2 is 1.30 bits per heavy atom. The van der Waals surface area contributed by atoms with Crippen molar-refractivity contribution in [1.29, 1.82) is 0 Å². The van der Waals surface area contributed by atoms with Gasteiger partial charge in [-0.15, -0.1) is 10.2 Å².